The first-order valence-corrected chi connectivity index (χ1v) is 11.7. The maximum Gasteiger partial charge on any atom is 0.416 e. The summed E-state index contributed by atoms with van der Waals surface area (Å²) in [6, 6.07) is 10.8. The van der Waals surface area contributed by atoms with E-state index in [-0.39, 0.29) is 5.56 Å². The third-order valence-electron chi connectivity index (χ3n) is 6.15. The van der Waals surface area contributed by atoms with Gasteiger partial charge in [0.15, 0.2) is 0 Å². The molecule has 1 atom stereocenters. The number of alkyl halides is 3. The fraction of sp³-hybridized carbons (Fsp3) is 0.417. The Kier molecular flexibility index (Phi) is 7.43. The molecular formula is C24H26Cl2F3N3O. The molecule has 0 N–H and O–H groups in total. The maximum atomic E-state index is 13.5. The number of hydrogen-bond acceptors (Lipinski definition) is 4. The van der Waals surface area contributed by atoms with Crippen molar-refractivity contribution >= 4 is 28.9 Å². The third-order valence-corrected chi connectivity index (χ3v) is 6.96. The lowest BCUT2D eigenvalue weighted by Gasteiger charge is -2.37. The number of nitrogens with zero attached hydrogens (tertiary/aromatic N) is 3. The molecule has 2 heterocycles. The Morgan fingerprint density at radius 2 is 1.70 bits per heavy atom. The van der Waals surface area contributed by atoms with Crippen LogP contribution in [0.2, 0.25) is 10.0 Å². The van der Waals surface area contributed by atoms with Crippen LogP contribution in [0.3, 0.4) is 0 Å². The maximum absolute atomic E-state index is 13.5. The smallest absolute Gasteiger partial charge is 0.413 e. The quantitative estimate of drug-likeness (QED) is 0.456. The molecule has 2 aliphatic heterocycles. The van der Waals surface area contributed by atoms with Crippen molar-refractivity contribution in [2.75, 3.05) is 44.2 Å². The normalized spacial score (nSPS) is 20.1. The zero-order valence-corrected chi connectivity index (χ0v) is 19.8. The highest BCUT2D eigenvalue weighted by Gasteiger charge is 2.39. The molecule has 0 spiro atoms. The molecule has 0 aliphatic carbocycles. The molecule has 178 valence electrons. The Morgan fingerprint density at radius 3 is 2.42 bits per heavy atom. The van der Waals surface area contributed by atoms with Crippen molar-refractivity contribution in [3.05, 3.63) is 75.5 Å². The molecule has 1 fully saturated rings. The van der Waals surface area contributed by atoms with Gasteiger partial charge in [-0.3, -0.25) is 4.90 Å². The minimum absolute atomic E-state index is 0.225. The van der Waals surface area contributed by atoms with Crippen LogP contribution >= 0.6 is 23.2 Å². The van der Waals surface area contributed by atoms with Crippen LogP contribution in [0.1, 0.15) is 30.5 Å². The Balaban J connectivity index is 1.32. The summed E-state index contributed by atoms with van der Waals surface area (Å²) in [5.41, 5.74) is 1.32. The van der Waals surface area contributed by atoms with Crippen LogP contribution in [0.5, 0.6) is 0 Å². The summed E-state index contributed by atoms with van der Waals surface area (Å²) in [6.45, 7) is 6.60. The summed E-state index contributed by atoms with van der Waals surface area (Å²) >= 11 is 12.5. The number of hydroxylamine groups is 2. The monoisotopic (exact) mass is 499 g/mol. The van der Waals surface area contributed by atoms with Crippen molar-refractivity contribution < 1.29 is 18.0 Å². The van der Waals surface area contributed by atoms with Crippen molar-refractivity contribution in [2.24, 2.45) is 0 Å². The number of hydrogen-bond donors (Lipinski definition) is 0. The predicted molar refractivity (Wildman–Crippen MR) is 125 cm³/mol. The number of benzene rings is 2. The van der Waals surface area contributed by atoms with Crippen LogP contribution in [0.4, 0.5) is 18.9 Å². The average molecular weight is 500 g/mol. The fourth-order valence-electron chi connectivity index (χ4n) is 4.48. The van der Waals surface area contributed by atoms with Gasteiger partial charge < -0.3 is 9.74 Å². The SMILES string of the molecule is CC1=CON(CCCN2CCN(c3cccc(Cl)c3Cl)CC2)C1c1ccccc1C(F)(F)F. The van der Waals surface area contributed by atoms with Gasteiger partial charge in [-0.05, 0) is 49.2 Å². The van der Waals surface area contributed by atoms with Crippen molar-refractivity contribution in [3.63, 3.8) is 0 Å². The number of piperazine rings is 1. The predicted octanol–water partition coefficient (Wildman–Crippen LogP) is 6.42. The van der Waals surface area contributed by atoms with Crippen molar-refractivity contribution in [2.45, 2.75) is 25.6 Å². The van der Waals surface area contributed by atoms with E-state index in [9.17, 15) is 13.2 Å². The van der Waals surface area contributed by atoms with Gasteiger partial charge in [0.05, 0.1) is 27.3 Å². The van der Waals surface area contributed by atoms with Crippen LogP contribution in [0, 0.1) is 0 Å². The van der Waals surface area contributed by atoms with E-state index >= 15 is 0 Å². The molecule has 1 unspecified atom stereocenters. The van der Waals surface area contributed by atoms with Crippen LogP contribution in [-0.4, -0.2) is 49.2 Å². The van der Waals surface area contributed by atoms with Crippen LogP contribution < -0.4 is 4.90 Å². The molecule has 4 nitrogen and oxygen atoms in total. The lowest BCUT2D eigenvalue weighted by molar-refractivity contribution is -0.141. The zero-order chi connectivity index (χ0) is 23.6. The Bertz CT molecular complexity index is 1010. The van der Waals surface area contributed by atoms with Crippen LogP contribution in [0.15, 0.2) is 54.3 Å². The Labute approximate surface area is 202 Å². The lowest BCUT2D eigenvalue weighted by Crippen LogP contribution is -2.47. The van der Waals surface area contributed by atoms with Gasteiger partial charge in [0.2, 0.25) is 0 Å². The van der Waals surface area contributed by atoms with Gasteiger partial charge in [-0.15, -0.1) is 5.06 Å². The topological polar surface area (TPSA) is 19.0 Å². The highest BCUT2D eigenvalue weighted by Crippen LogP contribution is 2.41. The fourth-order valence-corrected chi connectivity index (χ4v) is 4.89. The number of halogens is 5. The van der Waals surface area contributed by atoms with E-state index in [4.69, 9.17) is 28.0 Å². The molecule has 2 aliphatic rings. The first-order chi connectivity index (χ1) is 15.8. The van der Waals surface area contributed by atoms with Gasteiger partial charge in [0.1, 0.15) is 6.26 Å². The summed E-state index contributed by atoms with van der Waals surface area (Å²) in [7, 11) is 0. The minimum Gasteiger partial charge on any atom is -0.413 e. The van der Waals surface area contributed by atoms with E-state index in [2.05, 4.69) is 9.80 Å². The summed E-state index contributed by atoms with van der Waals surface area (Å²) in [6.07, 6.45) is -2.08. The third kappa shape index (κ3) is 5.43. The molecule has 0 aromatic heterocycles. The highest BCUT2D eigenvalue weighted by molar-refractivity contribution is 6.43. The summed E-state index contributed by atoms with van der Waals surface area (Å²) < 4.78 is 40.6. The summed E-state index contributed by atoms with van der Waals surface area (Å²) in [5, 5.41) is 2.78. The van der Waals surface area contributed by atoms with Gasteiger partial charge in [-0.2, -0.15) is 13.2 Å². The van der Waals surface area contributed by atoms with Crippen molar-refractivity contribution in [3.8, 4) is 0 Å². The van der Waals surface area contributed by atoms with Crippen LogP contribution in [0.25, 0.3) is 0 Å². The van der Waals surface area contributed by atoms with E-state index < -0.39 is 17.8 Å². The van der Waals surface area contributed by atoms with E-state index in [1.54, 1.807) is 30.4 Å². The molecule has 0 amide bonds. The first-order valence-electron chi connectivity index (χ1n) is 10.9. The summed E-state index contributed by atoms with van der Waals surface area (Å²) in [4.78, 5) is 10.2. The molecule has 2 aromatic rings. The summed E-state index contributed by atoms with van der Waals surface area (Å²) in [5.74, 6) is 0. The molecule has 9 heteroatoms. The number of rotatable bonds is 6. The molecule has 0 saturated carbocycles. The van der Waals surface area contributed by atoms with Gasteiger partial charge in [-0.25, -0.2) is 0 Å². The second-order valence-corrected chi connectivity index (χ2v) is 9.14. The van der Waals surface area contributed by atoms with Gasteiger partial charge in [0.25, 0.3) is 0 Å². The van der Waals surface area contributed by atoms with Gasteiger partial charge in [-0.1, -0.05) is 47.5 Å². The van der Waals surface area contributed by atoms with E-state index in [1.165, 1.54) is 12.1 Å². The van der Waals surface area contributed by atoms with E-state index in [0.717, 1.165) is 56.5 Å². The van der Waals surface area contributed by atoms with E-state index in [0.29, 0.717) is 16.6 Å². The lowest BCUT2D eigenvalue weighted by atomic mass is 9.95. The molecule has 2 aromatic carbocycles. The largest absolute Gasteiger partial charge is 0.416 e. The first kappa shape index (κ1) is 24.2. The zero-order valence-electron chi connectivity index (χ0n) is 18.3. The number of anilines is 1. The van der Waals surface area contributed by atoms with Crippen molar-refractivity contribution in [1.82, 2.24) is 9.96 Å². The van der Waals surface area contributed by atoms with E-state index in [1.807, 2.05) is 12.1 Å². The Morgan fingerprint density at radius 1 is 0.970 bits per heavy atom. The molecule has 4 rings (SSSR count). The van der Waals surface area contributed by atoms with Gasteiger partial charge in [0, 0.05) is 32.7 Å². The molecule has 0 bridgehead atoms. The second kappa shape index (κ2) is 10.1. The molecule has 1 saturated heterocycles. The molecule has 33 heavy (non-hydrogen) atoms. The molecule has 0 radical (unpaired) electrons. The standard InChI is InChI=1S/C24H26Cl2F3N3O/c1-17-16-33-32(23(17)18-6-2-3-7-19(18)24(27,28)29)11-5-10-30-12-14-31(15-13-30)21-9-4-8-20(25)22(21)26/h2-4,6-9,16,23H,5,10-15H2,1H3. The van der Waals surface area contributed by atoms with Crippen molar-refractivity contribution in [1.29, 1.82) is 0 Å². The molecular weight excluding hydrogens is 474 g/mol. The van der Waals surface area contributed by atoms with Crippen LogP contribution in [-0.2, 0) is 11.0 Å². The minimum atomic E-state index is -4.41. The average Bonchev–Trinajstić information content (AvgIpc) is 3.16. The second-order valence-electron chi connectivity index (χ2n) is 8.35. The Hall–Kier alpha value is -1.93. The highest BCUT2D eigenvalue weighted by atomic mass is 35.5. The van der Waals surface area contributed by atoms with Gasteiger partial charge >= 0.3 is 6.18 Å².